The zero-order chi connectivity index (χ0) is 17.4. The molecule has 5 atom stereocenters. The average molecular weight is 344 g/mol. The van der Waals surface area contributed by atoms with Crippen LogP contribution in [0.1, 0.15) is 56.1 Å². The number of rotatable bonds is 5. The third-order valence-corrected chi connectivity index (χ3v) is 7.17. The second-order valence-electron chi connectivity index (χ2n) is 8.17. The van der Waals surface area contributed by atoms with Crippen molar-refractivity contribution >= 4 is 6.47 Å². The number of hydrogen-bond donors (Lipinski definition) is 0. The van der Waals surface area contributed by atoms with E-state index in [9.17, 15) is 4.79 Å². The molecule has 0 aromatic heterocycles. The third-order valence-electron chi connectivity index (χ3n) is 7.17. The largest absolute Gasteiger partial charge is 0.468 e. The maximum Gasteiger partial charge on any atom is 0.293 e. The lowest BCUT2D eigenvalue weighted by atomic mass is 9.55. The standard InChI is InChI=1S/C21H28O4/c1-21-10-9-17-16-6-4-15(25-13-23-2)11-14(16)3-5-18(17)19(21)7-8-20(21)24-12-22/h4,6,11-12,17-20H,3,5,7-10,13H2,1-2H3/t17-,18-,19+,20+,21+/m1/s1. The van der Waals surface area contributed by atoms with Crippen molar-refractivity contribution in [1.82, 2.24) is 0 Å². The lowest BCUT2D eigenvalue weighted by Crippen LogP contribution is -2.44. The minimum atomic E-state index is 0.113. The van der Waals surface area contributed by atoms with Gasteiger partial charge in [0.25, 0.3) is 6.47 Å². The molecule has 4 heteroatoms. The first-order chi connectivity index (χ1) is 12.2. The van der Waals surface area contributed by atoms with Crippen LogP contribution in [0.25, 0.3) is 0 Å². The summed E-state index contributed by atoms with van der Waals surface area (Å²) in [6, 6.07) is 6.56. The van der Waals surface area contributed by atoms with Crippen LogP contribution < -0.4 is 4.74 Å². The van der Waals surface area contributed by atoms with Crippen LogP contribution in [0.4, 0.5) is 0 Å². The Balaban J connectivity index is 1.57. The van der Waals surface area contributed by atoms with Crippen molar-refractivity contribution in [3.63, 3.8) is 0 Å². The first-order valence-corrected chi connectivity index (χ1v) is 9.51. The van der Waals surface area contributed by atoms with E-state index in [1.165, 1.54) is 30.4 Å². The summed E-state index contributed by atoms with van der Waals surface area (Å²) in [6.07, 6.45) is 7.04. The van der Waals surface area contributed by atoms with Gasteiger partial charge in [-0.2, -0.15) is 0 Å². The van der Waals surface area contributed by atoms with Crippen LogP contribution in [0.3, 0.4) is 0 Å². The van der Waals surface area contributed by atoms with Gasteiger partial charge in [-0.1, -0.05) is 13.0 Å². The summed E-state index contributed by atoms with van der Waals surface area (Å²) in [6.45, 7) is 3.30. The number of hydrogen-bond acceptors (Lipinski definition) is 4. The summed E-state index contributed by atoms with van der Waals surface area (Å²) in [5.74, 6) is 2.94. The van der Waals surface area contributed by atoms with Gasteiger partial charge >= 0.3 is 0 Å². The monoisotopic (exact) mass is 344 g/mol. The molecule has 3 aliphatic rings. The fourth-order valence-electron chi connectivity index (χ4n) is 6.02. The summed E-state index contributed by atoms with van der Waals surface area (Å²) in [7, 11) is 1.64. The Morgan fingerprint density at radius 1 is 1.24 bits per heavy atom. The van der Waals surface area contributed by atoms with Gasteiger partial charge < -0.3 is 14.2 Å². The summed E-state index contributed by atoms with van der Waals surface area (Å²) in [5, 5.41) is 0. The van der Waals surface area contributed by atoms with E-state index >= 15 is 0 Å². The van der Waals surface area contributed by atoms with E-state index in [2.05, 4.69) is 25.1 Å². The molecule has 4 rings (SSSR count). The van der Waals surface area contributed by atoms with E-state index in [1.807, 2.05) is 0 Å². The molecule has 1 aromatic rings. The lowest BCUT2D eigenvalue weighted by molar-refractivity contribution is -0.141. The van der Waals surface area contributed by atoms with Gasteiger partial charge in [0.15, 0.2) is 6.79 Å². The maximum absolute atomic E-state index is 10.9. The second kappa shape index (κ2) is 6.64. The number of carbonyl (C=O) groups is 1. The molecule has 2 fully saturated rings. The summed E-state index contributed by atoms with van der Waals surface area (Å²) in [4.78, 5) is 10.9. The molecule has 4 nitrogen and oxygen atoms in total. The Hall–Kier alpha value is -1.55. The van der Waals surface area contributed by atoms with Gasteiger partial charge in [-0.3, -0.25) is 4.79 Å². The van der Waals surface area contributed by atoms with Gasteiger partial charge in [0.05, 0.1) is 0 Å². The number of methoxy groups -OCH3 is 1. The van der Waals surface area contributed by atoms with Crippen molar-refractivity contribution in [2.45, 2.75) is 57.5 Å². The molecule has 136 valence electrons. The van der Waals surface area contributed by atoms with Crippen LogP contribution >= 0.6 is 0 Å². The van der Waals surface area contributed by atoms with Crippen molar-refractivity contribution in [2.24, 2.45) is 17.3 Å². The summed E-state index contributed by atoms with van der Waals surface area (Å²) < 4.78 is 16.1. The second-order valence-corrected chi connectivity index (χ2v) is 8.17. The quantitative estimate of drug-likeness (QED) is 0.597. The molecule has 0 N–H and O–H groups in total. The molecule has 0 heterocycles. The molecular formula is C21H28O4. The molecule has 0 radical (unpaired) electrons. The smallest absolute Gasteiger partial charge is 0.293 e. The SMILES string of the molecule is COCOc1ccc2c(c1)CC[C@@H]1[C@@H]2CC[C@]2(C)[C@@H](OC=O)CC[C@@H]12. The maximum atomic E-state index is 10.9. The van der Waals surface area contributed by atoms with Gasteiger partial charge in [-0.15, -0.1) is 0 Å². The molecular weight excluding hydrogens is 316 g/mol. The molecule has 1 aromatic carbocycles. The van der Waals surface area contributed by atoms with Crippen LogP contribution in [-0.2, 0) is 20.7 Å². The zero-order valence-corrected chi connectivity index (χ0v) is 15.2. The highest BCUT2D eigenvalue weighted by Crippen LogP contribution is 2.61. The van der Waals surface area contributed by atoms with E-state index in [0.29, 0.717) is 25.1 Å². The topological polar surface area (TPSA) is 44.8 Å². The van der Waals surface area contributed by atoms with Gasteiger partial charge in [0.2, 0.25) is 0 Å². The Labute approximate surface area is 149 Å². The number of ether oxygens (including phenoxy) is 3. The Kier molecular flexibility index (Phi) is 4.48. The number of fused-ring (bicyclic) bond motifs is 5. The molecule has 0 spiro atoms. The fourth-order valence-corrected chi connectivity index (χ4v) is 6.02. The van der Waals surface area contributed by atoms with Crippen molar-refractivity contribution in [2.75, 3.05) is 13.9 Å². The van der Waals surface area contributed by atoms with Crippen LogP contribution in [0.5, 0.6) is 5.75 Å². The van der Waals surface area contributed by atoms with E-state index in [4.69, 9.17) is 14.2 Å². The number of carbonyl (C=O) groups excluding carboxylic acids is 1. The first-order valence-electron chi connectivity index (χ1n) is 9.51. The first kappa shape index (κ1) is 16.9. The molecule has 3 aliphatic carbocycles. The van der Waals surface area contributed by atoms with E-state index in [0.717, 1.165) is 30.9 Å². The van der Waals surface area contributed by atoms with Crippen LogP contribution in [-0.4, -0.2) is 26.5 Å². The van der Waals surface area contributed by atoms with Crippen molar-refractivity contribution in [3.05, 3.63) is 29.3 Å². The molecule has 2 saturated carbocycles. The van der Waals surface area contributed by atoms with Crippen LogP contribution in [0.15, 0.2) is 18.2 Å². The van der Waals surface area contributed by atoms with Crippen LogP contribution in [0.2, 0.25) is 0 Å². The molecule has 0 amide bonds. The van der Waals surface area contributed by atoms with Gasteiger partial charge in [-0.05, 0) is 79.5 Å². The minimum absolute atomic E-state index is 0.113. The van der Waals surface area contributed by atoms with Gasteiger partial charge in [0.1, 0.15) is 11.9 Å². The predicted octanol–water partition coefficient (Wildman–Crippen LogP) is 4.07. The van der Waals surface area contributed by atoms with Crippen molar-refractivity contribution in [1.29, 1.82) is 0 Å². The molecule has 25 heavy (non-hydrogen) atoms. The van der Waals surface area contributed by atoms with Gasteiger partial charge in [-0.25, -0.2) is 0 Å². The van der Waals surface area contributed by atoms with Crippen molar-refractivity contribution < 1.29 is 19.0 Å². The molecule has 0 bridgehead atoms. The summed E-state index contributed by atoms with van der Waals surface area (Å²) in [5.41, 5.74) is 3.13. The third kappa shape index (κ3) is 2.75. The molecule has 0 unspecified atom stereocenters. The number of aryl methyl sites for hydroxylation is 1. The van der Waals surface area contributed by atoms with E-state index in [1.54, 1.807) is 7.11 Å². The Morgan fingerprint density at radius 2 is 2.12 bits per heavy atom. The Morgan fingerprint density at radius 3 is 2.92 bits per heavy atom. The van der Waals surface area contributed by atoms with Crippen molar-refractivity contribution in [3.8, 4) is 5.75 Å². The van der Waals surface area contributed by atoms with Crippen LogP contribution in [0, 0.1) is 17.3 Å². The highest BCUT2D eigenvalue weighted by atomic mass is 16.7. The van der Waals surface area contributed by atoms with E-state index in [-0.39, 0.29) is 11.5 Å². The summed E-state index contributed by atoms with van der Waals surface area (Å²) >= 11 is 0. The normalized spacial score (nSPS) is 36.1. The number of benzene rings is 1. The minimum Gasteiger partial charge on any atom is -0.468 e. The highest BCUT2D eigenvalue weighted by molar-refractivity contribution is 5.41. The predicted molar refractivity (Wildman–Crippen MR) is 94.5 cm³/mol. The molecule has 0 saturated heterocycles. The zero-order valence-electron chi connectivity index (χ0n) is 15.2. The fraction of sp³-hybridized carbons (Fsp3) is 0.667. The Bertz CT molecular complexity index is 643. The van der Waals surface area contributed by atoms with Gasteiger partial charge in [0, 0.05) is 12.5 Å². The lowest BCUT2D eigenvalue weighted by Gasteiger charge is -2.50. The van der Waals surface area contributed by atoms with E-state index < -0.39 is 0 Å². The average Bonchev–Trinajstić information content (AvgIpc) is 2.96. The highest BCUT2D eigenvalue weighted by Gasteiger charge is 2.55. The molecule has 0 aliphatic heterocycles.